The predicted molar refractivity (Wildman–Crippen MR) is 62.2 cm³/mol. The molecule has 1 aliphatic rings. The van der Waals surface area contributed by atoms with E-state index in [4.69, 9.17) is 5.11 Å². The van der Waals surface area contributed by atoms with Crippen LogP contribution in [0.5, 0.6) is 0 Å². The summed E-state index contributed by atoms with van der Waals surface area (Å²) in [6.45, 7) is 1.89. The SMILES string of the molecule is C[C@@H](NC(=O)[C@H]1C[C@@H]1C(=O)O)c1ccccc1. The van der Waals surface area contributed by atoms with Crippen molar-refractivity contribution in [2.24, 2.45) is 11.8 Å². The van der Waals surface area contributed by atoms with E-state index < -0.39 is 11.9 Å². The Morgan fingerprint density at radius 1 is 1.29 bits per heavy atom. The van der Waals surface area contributed by atoms with Gasteiger partial charge >= 0.3 is 5.97 Å². The van der Waals surface area contributed by atoms with Crippen LogP contribution >= 0.6 is 0 Å². The second-order valence-electron chi connectivity index (χ2n) is 4.43. The van der Waals surface area contributed by atoms with Crippen LogP contribution in [0, 0.1) is 11.8 Å². The molecule has 1 aromatic rings. The smallest absolute Gasteiger partial charge is 0.307 e. The second kappa shape index (κ2) is 4.57. The highest BCUT2D eigenvalue weighted by molar-refractivity contribution is 5.89. The number of benzene rings is 1. The molecule has 90 valence electrons. The Morgan fingerprint density at radius 2 is 1.94 bits per heavy atom. The molecule has 0 bridgehead atoms. The van der Waals surface area contributed by atoms with Gasteiger partial charge in [-0.05, 0) is 18.9 Å². The number of hydrogen-bond acceptors (Lipinski definition) is 2. The monoisotopic (exact) mass is 233 g/mol. The van der Waals surface area contributed by atoms with Gasteiger partial charge in [0.15, 0.2) is 0 Å². The Hall–Kier alpha value is -1.84. The Labute approximate surface area is 99.6 Å². The van der Waals surface area contributed by atoms with Crippen LogP contribution in [0.25, 0.3) is 0 Å². The molecule has 3 atom stereocenters. The summed E-state index contributed by atoms with van der Waals surface area (Å²) in [6.07, 6.45) is 0.461. The minimum absolute atomic E-state index is 0.0845. The number of hydrogen-bond donors (Lipinski definition) is 2. The molecule has 1 amide bonds. The van der Waals surface area contributed by atoms with E-state index in [1.165, 1.54) is 0 Å². The van der Waals surface area contributed by atoms with Crippen LogP contribution < -0.4 is 5.32 Å². The lowest BCUT2D eigenvalue weighted by Gasteiger charge is -2.13. The molecule has 1 aromatic carbocycles. The van der Waals surface area contributed by atoms with Gasteiger partial charge in [0.2, 0.25) is 5.91 Å². The molecule has 0 aromatic heterocycles. The first-order valence-electron chi connectivity index (χ1n) is 5.67. The zero-order valence-electron chi connectivity index (χ0n) is 9.59. The quantitative estimate of drug-likeness (QED) is 0.829. The van der Waals surface area contributed by atoms with Crippen LogP contribution in [0.2, 0.25) is 0 Å². The van der Waals surface area contributed by atoms with E-state index in [0.717, 1.165) is 5.56 Å². The molecule has 0 saturated heterocycles. The van der Waals surface area contributed by atoms with E-state index in [1.807, 2.05) is 37.3 Å². The van der Waals surface area contributed by atoms with Gasteiger partial charge in [-0.3, -0.25) is 9.59 Å². The van der Waals surface area contributed by atoms with Crippen molar-refractivity contribution < 1.29 is 14.7 Å². The van der Waals surface area contributed by atoms with Crippen LogP contribution in [-0.2, 0) is 9.59 Å². The molecule has 1 saturated carbocycles. The van der Waals surface area contributed by atoms with Gasteiger partial charge in [0.1, 0.15) is 0 Å². The lowest BCUT2D eigenvalue weighted by molar-refractivity contribution is -0.140. The Morgan fingerprint density at radius 3 is 2.47 bits per heavy atom. The molecule has 0 heterocycles. The molecule has 1 fully saturated rings. The molecule has 4 nitrogen and oxygen atoms in total. The predicted octanol–water partition coefficient (Wildman–Crippen LogP) is 1.58. The Bertz CT molecular complexity index is 430. The van der Waals surface area contributed by atoms with Gasteiger partial charge in [-0.2, -0.15) is 0 Å². The third-order valence-electron chi connectivity index (χ3n) is 3.10. The number of aliphatic carboxylic acids is 1. The zero-order chi connectivity index (χ0) is 12.4. The van der Waals surface area contributed by atoms with E-state index in [9.17, 15) is 9.59 Å². The number of amides is 1. The maximum atomic E-state index is 11.7. The van der Waals surface area contributed by atoms with Crippen LogP contribution in [0.1, 0.15) is 24.9 Å². The number of rotatable bonds is 4. The van der Waals surface area contributed by atoms with E-state index in [2.05, 4.69) is 5.32 Å². The summed E-state index contributed by atoms with van der Waals surface area (Å²) in [6, 6.07) is 9.53. The van der Waals surface area contributed by atoms with Gasteiger partial charge in [-0.1, -0.05) is 30.3 Å². The number of nitrogens with one attached hydrogen (secondary N) is 1. The first kappa shape index (κ1) is 11.6. The van der Waals surface area contributed by atoms with Crippen molar-refractivity contribution in [3.63, 3.8) is 0 Å². The minimum Gasteiger partial charge on any atom is -0.481 e. The van der Waals surface area contributed by atoms with Crippen LogP contribution in [-0.4, -0.2) is 17.0 Å². The summed E-state index contributed by atoms with van der Waals surface area (Å²) < 4.78 is 0. The highest BCUT2D eigenvalue weighted by Gasteiger charge is 2.48. The average molecular weight is 233 g/mol. The van der Waals surface area contributed by atoms with Gasteiger partial charge in [0.25, 0.3) is 0 Å². The normalized spacial score (nSPS) is 23.8. The van der Waals surface area contributed by atoms with Crippen LogP contribution in [0.15, 0.2) is 30.3 Å². The van der Waals surface area contributed by atoms with Crippen molar-refractivity contribution in [1.82, 2.24) is 5.32 Å². The molecule has 17 heavy (non-hydrogen) atoms. The lowest BCUT2D eigenvalue weighted by atomic mass is 10.1. The van der Waals surface area contributed by atoms with Crippen molar-refractivity contribution in [2.75, 3.05) is 0 Å². The summed E-state index contributed by atoms with van der Waals surface area (Å²) in [5.74, 6) is -1.87. The maximum Gasteiger partial charge on any atom is 0.307 e. The fraction of sp³-hybridized carbons (Fsp3) is 0.385. The average Bonchev–Trinajstić information content (AvgIpc) is 3.10. The molecular weight excluding hydrogens is 218 g/mol. The van der Waals surface area contributed by atoms with Gasteiger partial charge in [-0.25, -0.2) is 0 Å². The Balaban J connectivity index is 1.90. The largest absolute Gasteiger partial charge is 0.481 e. The number of carboxylic acid groups (broad SMARTS) is 1. The molecule has 2 N–H and O–H groups in total. The summed E-state index contributed by atoms with van der Waals surface area (Å²) in [5, 5.41) is 11.6. The van der Waals surface area contributed by atoms with E-state index in [0.29, 0.717) is 6.42 Å². The summed E-state index contributed by atoms with van der Waals surface area (Å²) in [5.41, 5.74) is 1.02. The fourth-order valence-corrected chi connectivity index (χ4v) is 1.90. The number of carbonyl (C=O) groups excluding carboxylic acids is 1. The van der Waals surface area contributed by atoms with Crippen molar-refractivity contribution >= 4 is 11.9 Å². The van der Waals surface area contributed by atoms with Crippen molar-refractivity contribution in [3.05, 3.63) is 35.9 Å². The van der Waals surface area contributed by atoms with E-state index in [-0.39, 0.29) is 17.9 Å². The molecule has 2 rings (SSSR count). The molecular formula is C13H15NO3. The summed E-state index contributed by atoms with van der Waals surface area (Å²) >= 11 is 0. The van der Waals surface area contributed by atoms with Crippen LogP contribution in [0.4, 0.5) is 0 Å². The van der Waals surface area contributed by atoms with Crippen molar-refractivity contribution in [2.45, 2.75) is 19.4 Å². The molecule has 0 radical (unpaired) electrons. The lowest BCUT2D eigenvalue weighted by Crippen LogP contribution is -2.29. The highest BCUT2D eigenvalue weighted by Crippen LogP contribution is 2.39. The van der Waals surface area contributed by atoms with Crippen molar-refractivity contribution in [3.8, 4) is 0 Å². The number of carbonyl (C=O) groups is 2. The molecule has 0 unspecified atom stereocenters. The van der Waals surface area contributed by atoms with Gasteiger partial charge in [0.05, 0.1) is 17.9 Å². The molecule has 0 spiro atoms. The minimum atomic E-state index is -0.877. The van der Waals surface area contributed by atoms with Gasteiger partial charge in [-0.15, -0.1) is 0 Å². The zero-order valence-corrected chi connectivity index (χ0v) is 9.59. The number of carboxylic acids is 1. The standard InChI is InChI=1S/C13H15NO3/c1-8(9-5-3-2-4-6-9)14-12(15)10-7-11(10)13(16)17/h2-6,8,10-11H,7H2,1H3,(H,14,15)(H,16,17)/t8-,10+,11+/m1/s1. The third kappa shape index (κ3) is 2.64. The molecule has 4 heteroatoms. The fourth-order valence-electron chi connectivity index (χ4n) is 1.90. The molecule has 0 aliphatic heterocycles. The van der Waals surface area contributed by atoms with Gasteiger partial charge in [0, 0.05) is 0 Å². The third-order valence-corrected chi connectivity index (χ3v) is 3.10. The topological polar surface area (TPSA) is 66.4 Å². The molecule has 1 aliphatic carbocycles. The van der Waals surface area contributed by atoms with Crippen LogP contribution in [0.3, 0.4) is 0 Å². The van der Waals surface area contributed by atoms with Gasteiger partial charge < -0.3 is 10.4 Å². The Kier molecular flexibility index (Phi) is 3.13. The summed E-state index contributed by atoms with van der Waals surface area (Å²) in [7, 11) is 0. The maximum absolute atomic E-state index is 11.7. The second-order valence-corrected chi connectivity index (χ2v) is 4.43. The summed E-state index contributed by atoms with van der Waals surface area (Å²) in [4.78, 5) is 22.4. The first-order valence-corrected chi connectivity index (χ1v) is 5.67. The van der Waals surface area contributed by atoms with E-state index in [1.54, 1.807) is 0 Å². The highest BCUT2D eigenvalue weighted by atomic mass is 16.4. The first-order chi connectivity index (χ1) is 8.09. The van der Waals surface area contributed by atoms with Crippen molar-refractivity contribution in [1.29, 1.82) is 0 Å². The van der Waals surface area contributed by atoms with E-state index >= 15 is 0 Å².